The zero-order chi connectivity index (χ0) is 23.4. The highest BCUT2D eigenvalue weighted by molar-refractivity contribution is 7.92. The van der Waals surface area contributed by atoms with Gasteiger partial charge in [-0.1, -0.05) is 24.3 Å². The van der Waals surface area contributed by atoms with Gasteiger partial charge in [0.2, 0.25) is 0 Å². The molecule has 1 amide bonds. The second-order valence-electron chi connectivity index (χ2n) is 6.97. The van der Waals surface area contributed by atoms with E-state index in [1.807, 2.05) is 0 Å². The van der Waals surface area contributed by atoms with Crippen molar-refractivity contribution >= 4 is 32.7 Å². The van der Waals surface area contributed by atoms with Crippen molar-refractivity contribution in [3.05, 3.63) is 88.6 Å². The van der Waals surface area contributed by atoms with Gasteiger partial charge in [-0.05, 0) is 42.5 Å². The molecule has 3 aromatic carbocycles. The zero-order valence-corrected chi connectivity index (χ0v) is 17.9. The lowest BCUT2D eigenvalue weighted by Gasteiger charge is -2.13. The van der Waals surface area contributed by atoms with Crippen LogP contribution in [0.5, 0.6) is 5.75 Å². The summed E-state index contributed by atoms with van der Waals surface area (Å²) in [6, 6.07) is 16.1. The van der Waals surface area contributed by atoms with Crippen molar-refractivity contribution in [2.24, 2.45) is 0 Å². The predicted molar refractivity (Wildman–Crippen MR) is 120 cm³/mol. The largest absolute Gasteiger partial charge is 0.489 e. The molecule has 0 unspecified atom stereocenters. The molecule has 1 heterocycles. The summed E-state index contributed by atoms with van der Waals surface area (Å²) in [6.07, 6.45) is 0. The maximum absolute atomic E-state index is 13.6. The molecule has 1 aromatic heterocycles. The minimum absolute atomic E-state index is 0.0233. The van der Waals surface area contributed by atoms with Gasteiger partial charge in [-0.3, -0.25) is 9.52 Å². The van der Waals surface area contributed by atoms with Gasteiger partial charge in [0.1, 0.15) is 6.61 Å². The quantitative estimate of drug-likeness (QED) is 0.294. The summed E-state index contributed by atoms with van der Waals surface area (Å²) in [6.45, 7) is 0.0984. The van der Waals surface area contributed by atoms with Crippen LogP contribution in [0.1, 0.15) is 10.4 Å². The number of anilines is 1. The summed E-state index contributed by atoms with van der Waals surface area (Å²) in [5.41, 5.74) is 0.532. The Balaban J connectivity index is 1.45. The van der Waals surface area contributed by atoms with Crippen molar-refractivity contribution in [1.82, 2.24) is 15.3 Å². The van der Waals surface area contributed by atoms with Crippen molar-refractivity contribution in [3.63, 3.8) is 0 Å². The molecular weight excluding hydrogens is 451 g/mol. The average molecular weight is 470 g/mol. The Hall–Kier alpha value is -4.12. The summed E-state index contributed by atoms with van der Waals surface area (Å²) in [5, 5.41) is 2.62. The highest BCUT2D eigenvalue weighted by Crippen LogP contribution is 2.22. The fraction of sp³-hybridized carbons (Fsp3) is 0.0909. The molecule has 0 spiro atoms. The van der Waals surface area contributed by atoms with E-state index in [0.29, 0.717) is 11.0 Å². The highest BCUT2D eigenvalue weighted by Gasteiger charge is 2.19. The first kappa shape index (κ1) is 22.1. The van der Waals surface area contributed by atoms with E-state index < -0.39 is 27.4 Å². The Morgan fingerprint density at radius 3 is 2.52 bits per heavy atom. The molecule has 0 bridgehead atoms. The number of aromatic nitrogens is 2. The summed E-state index contributed by atoms with van der Waals surface area (Å²) in [5.74, 6) is -0.970. The number of H-pyrrole nitrogens is 2. The van der Waals surface area contributed by atoms with Gasteiger partial charge >= 0.3 is 5.69 Å². The van der Waals surface area contributed by atoms with Gasteiger partial charge in [-0.2, -0.15) is 0 Å². The number of nitrogens with one attached hydrogen (secondary N) is 4. The van der Waals surface area contributed by atoms with Crippen molar-refractivity contribution in [1.29, 1.82) is 0 Å². The second-order valence-corrected chi connectivity index (χ2v) is 8.65. The van der Waals surface area contributed by atoms with E-state index in [-0.39, 0.29) is 35.0 Å². The first-order valence-corrected chi connectivity index (χ1v) is 11.3. The summed E-state index contributed by atoms with van der Waals surface area (Å²) in [4.78, 5) is 29.0. The molecular formula is C22H19FN4O5S. The SMILES string of the molecule is O=C(NCCOc1ccccc1F)c1ccccc1NS(=O)(=O)c1ccc2[nH]c(=O)[nH]c2c1. The van der Waals surface area contributed by atoms with Crippen LogP contribution in [0, 0.1) is 5.82 Å². The van der Waals surface area contributed by atoms with Crippen molar-refractivity contribution in [2.45, 2.75) is 4.90 Å². The first-order chi connectivity index (χ1) is 15.8. The number of aromatic amines is 2. The van der Waals surface area contributed by atoms with E-state index in [1.165, 1.54) is 48.5 Å². The molecule has 0 aliphatic heterocycles. The molecule has 0 saturated carbocycles. The van der Waals surface area contributed by atoms with Gasteiger partial charge in [0.15, 0.2) is 11.6 Å². The van der Waals surface area contributed by atoms with Gasteiger partial charge < -0.3 is 20.0 Å². The number of rotatable bonds is 8. The molecule has 33 heavy (non-hydrogen) atoms. The van der Waals surface area contributed by atoms with E-state index in [4.69, 9.17) is 4.74 Å². The molecule has 4 aromatic rings. The van der Waals surface area contributed by atoms with Crippen LogP contribution in [-0.4, -0.2) is 37.4 Å². The number of sulfonamides is 1. The first-order valence-electron chi connectivity index (χ1n) is 9.83. The fourth-order valence-electron chi connectivity index (χ4n) is 3.14. The number of para-hydroxylation sites is 2. The van der Waals surface area contributed by atoms with Crippen molar-refractivity contribution < 1.29 is 22.3 Å². The molecule has 0 aliphatic rings. The van der Waals surface area contributed by atoms with E-state index in [2.05, 4.69) is 20.0 Å². The number of carbonyl (C=O) groups is 1. The van der Waals surface area contributed by atoms with Gasteiger partial charge in [-0.25, -0.2) is 17.6 Å². The Labute approximate surface area is 187 Å². The van der Waals surface area contributed by atoms with Crippen molar-refractivity contribution in [2.75, 3.05) is 17.9 Å². The molecule has 0 saturated heterocycles. The lowest BCUT2D eigenvalue weighted by molar-refractivity contribution is 0.0947. The third kappa shape index (κ3) is 5.04. The molecule has 9 nitrogen and oxygen atoms in total. The molecule has 170 valence electrons. The van der Waals surface area contributed by atoms with Crippen LogP contribution in [0.15, 0.2) is 76.4 Å². The second kappa shape index (κ2) is 9.17. The lowest BCUT2D eigenvalue weighted by atomic mass is 10.1. The van der Waals surface area contributed by atoms with E-state index in [1.54, 1.807) is 18.2 Å². The normalized spacial score (nSPS) is 11.3. The Bertz CT molecular complexity index is 1480. The molecule has 0 atom stereocenters. The van der Waals surface area contributed by atoms with Crippen LogP contribution in [-0.2, 0) is 10.0 Å². The number of ether oxygens (including phenoxy) is 1. The van der Waals surface area contributed by atoms with Crippen LogP contribution >= 0.6 is 0 Å². The minimum Gasteiger partial charge on any atom is -0.489 e. The molecule has 0 aliphatic carbocycles. The highest BCUT2D eigenvalue weighted by atomic mass is 32.2. The molecule has 11 heteroatoms. The number of benzene rings is 3. The minimum atomic E-state index is -4.05. The van der Waals surface area contributed by atoms with E-state index in [9.17, 15) is 22.4 Å². The third-order valence-electron chi connectivity index (χ3n) is 4.70. The zero-order valence-electron chi connectivity index (χ0n) is 17.1. The maximum atomic E-state index is 13.6. The fourth-order valence-corrected chi connectivity index (χ4v) is 4.24. The van der Waals surface area contributed by atoms with Gasteiger partial charge in [0.05, 0.1) is 33.7 Å². The molecule has 4 rings (SSSR count). The summed E-state index contributed by atoms with van der Waals surface area (Å²) in [7, 11) is -4.05. The molecule has 0 radical (unpaired) electrons. The Morgan fingerprint density at radius 2 is 1.70 bits per heavy atom. The van der Waals surface area contributed by atoms with Gasteiger partial charge in [-0.15, -0.1) is 0 Å². The predicted octanol–water partition coefficient (Wildman–Crippen LogP) is 2.60. The maximum Gasteiger partial charge on any atom is 0.323 e. The van der Waals surface area contributed by atoms with Gasteiger partial charge in [0.25, 0.3) is 15.9 Å². The Kier molecular flexibility index (Phi) is 6.13. The van der Waals surface area contributed by atoms with E-state index >= 15 is 0 Å². The Morgan fingerprint density at radius 1 is 0.970 bits per heavy atom. The van der Waals surface area contributed by atoms with Crippen molar-refractivity contribution in [3.8, 4) is 5.75 Å². The number of imidazole rings is 1. The van der Waals surface area contributed by atoms with Crippen LogP contribution in [0.4, 0.5) is 10.1 Å². The van der Waals surface area contributed by atoms with Crippen LogP contribution < -0.4 is 20.5 Å². The van der Waals surface area contributed by atoms with Gasteiger partial charge in [0, 0.05) is 0 Å². The number of amides is 1. The summed E-state index contributed by atoms with van der Waals surface area (Å²) < 4.78 is 47.0. The average Bonchev–Trinajstić information content (AvgIpc) is 3.17. The standard InChI is InChI=1S/C22H19FN4O5S/c23-16-6-2-4-8-20(16)32-12-11-24-21(28)15-5-1-3-7-17(15)27-33(30,31)14-9-10-18-19(13-14)26-22(29)25-18/h1-10,13,27H,11-12H2,(H,24,28)(H2,25,26,29). The number of fused-ring (bicyclic) bond motifs is 1. The number of hydrogen-bond acceptors (Lipinski definition) is 5. The lowest BCUT2D eigenvalue weighted by Crippen LogP contribution is -2.29. The topological polar surface area (TPSA) is 133 Å². The smallest absolute Gasteiger partial charge is 0.323 e. The molecule has 4 N–H and O–H groups in total. The van der Waals surface area contributed by atoms with Crippen LogP contribution in [0.3, 0.4) is 0 Å². The monoisotopic (exact) mass is 470 g/mol. The van der Waals surface area contributed by atoms with Crippen LogP contribution in [0.2, 0.25) is 0 Å². The number of carbonyl (C=O) groups excluding carboxylic acids is 1. The number of hydrogen-bond donors (Lipinski definition) is 4. The van der Waals surface area contributed by atoms with Crippen LogP contribution in [0.25, 0.3) is 11.0 Å². The summed E-state index contributed by atoms with van der Waals surface area (Å²) >= 11 is 0. The third-order valence-corrected chi connectivity index (χ3v) is 6.06. The van der Waals surface area contributed by atoms with E-state index in [0.717, 1.165) is 0 Å². The number of halogens is 1. The molecule has 0 fully saturated rings.